The number of amides is 1. The van der Waals surface area contributed by atoms with Crippen molar-refractivity contribution in [3.63, 3.8) is 0 Å². The fourth-order valence-corrected chi connectivity index (χ4v) is 2.84. The summed E-state index contributed by atoms with van der Waals surface area (Å²) in [6, 6.07) is 3.39. The molecule has 0 saturated carbocycles. The molecule has 0 saturated heterocycles. The first-order valence-electron chi connectivity index (χ1n) is 7.00. The van der Waals surface area contributed by atoms with Crippen LogP contribution in [-0.2, 0) is 13.6 Å². The number of hydrogen-bond acceptors (Lipinski definition) is 5. The van der Waals surface area contributed by atoms with Crippen LogP contribution in [0.4, 0.5) is 0 Å². The van der Waals surface area contributed by atoms with Crippen molar-refractivity contribution in [2.75, 3.05) is 14.2 Å². The Morgan fingerprint density at radius 3 is 2.83 bits per heavy atom. The van der Waals surface area contributed by atoms with Gasteiger partial charge in [-0.25, -0.2) is 0 Å². The van der Waals surface area contributed by atoms with Gasteiger partial charge in [0.2, 0.25) is 5.88 Å². The van der Waals surface area contributed by atoms with Crippen molar-refractivity contribution in [2.45, 2.75) is 19.6 Å². The SMILES string of the molecule is COc1nn(C)c(CN(C)C(=O)c2ncccc2C(C)O)c1Br. The van der Waals surface area contributed by atoms with Gasteiger partial charge in [0.1, 0.15) is 10.2 Å². The second-order valence-corrected chi connectivity index (χ2v) is 5.96. The normalized spacial score (nSPS) is 12.1. The third kappa shape index (κ3) is 3.53. The summed E-state index contributed by atoms with van der Waals surface area (Å²) in [4.78, 5) is 18.3. The summed E-state index contributed by atoms with van der Waals surface area (Å²) in [7, 11) is 4.99. The highest BCUT2D eigenvalue weighted by Crippen LogP contribution is 2.28. The Morgan fingerprint density at radius 1 is 1.57 bits per heavy atom. The molecule has 1 unspecified atom stereocenters. The summed E-state index contributed by atoms with van der Waals surface area (Å²) in [6.45, 7) is 1.93. The van der Waals surface area contributed by atoms with Crippen LogP contribution in [0.2, 0.25) is 0 Å². The number of rotatable bonds is 5. The number of carbonyl (C=O) groups excluding carboxylic acids is 1. The van der Waals surface area contributed by atoms with Gasteiger partial charge in [-0.3, -0.25) is 14.5 Å². The van der Waals surface area contributed by atoms with Gasteiger partial charge in [-0.2, -0.15) is 0 Å². The maximum atomic E-state index is 12.6. The largest absolute Gasteiger partial charge is 0.479 e. The number of hydrogen-bond donors (Lipinski definition) is 1. The van der Waals surface area contributed by atoms with Crippen LogP contribution < -0.4 is 4.74 Å². The topological polar surface area (TPSA) is 80.5 Å². The highest BCUT2D eigenvalue weighted by atomic mass is 79.9. The zero-order valence-corrected chi connectivity index (χ0v) is 15.0. The zero-order valence-electron chi connectivity index (χ0n) is 13.4. The Kier molecular flexibility index (Phi) is 5.38. The van der Waals surface area contributed by atoms with Crippen molar-refractivity contribution >= 4 is 21.8 Å². The van der Waals surface area contributed by atoms with Crippen LogP contribution in [0.1, 0.15) is 34.8 Å². The van der Waals surface area contributed by atoms with Crippen molar-refractivity contribution in [3.05, 3.63) is 39.8 Å². The molecule has 1 atom stereocenters. The van der Waals surface area contributed by atoms with E-state index in [0.29, 0.717) is 22.5 Å². The van der Waals surface area contributed by atoms with Gasteiger partial charge in [0.25, 0.3) is 5.91 Å². The standard InChI is InChI=1S/C15H19BrN4O3/c1-9(21)10-6-5-7-17-13(10)15(22)19(2)8-11-12(16)14(23-4)18-20(11)3/h5-7,9,21H,8H2,1-4H3. The number of halogens is 1. The minimum Gasteiger partial charge on any atom is -0.479 e. The quantitative estimate of drug-likeness (QED) is 0.853. The van der Waals surface area contributed by atoms with Crippen LogP contribution in [0.15, 0.2) is 22.8 Å². The van der Waals surface area contributed by atoms with Gasteiger partial charge in [-0.05, 0) is 28.9 Å². The van der Waals surface area contributed by atoms with Crippen LogP contribution in [0.3, 0.4) is 0 Å². The van der Waals surface area contributed by atoms with Gasteiger partial charge in [0.05, 0.1) is 25.5 Å². The second kappa shape index (κ2) is 7.10. The molecule has 2 rings (SSSR count). The number of aliphatic hydroxyl groups excluding tert-OH is 1. The first kappa shape index (κ1) is 17.4. The van der Waals surface area contributed by atoms with Gasteiger partial charge in [-0.15, -0.1) is 5.10 Å². The molecule has 0 bridgehead atoms. The molecule has 2 aromatic heterocycles. The lowest BCUT2D eigenvalue weighted by atomic mass is 10.1. The molecule has 23 heavy (non-hydrogen) atoms. The molecule has 0 aliphatic carbocycles. The van der Waals surface area contributed by atoms with Crippen molar-refractivity contribution in [1.82, 2.24) is 19.7 Å². The number of methoxy groups -OCH3 is 1. The van der Waals surface area contributed by atoms with Crippen LogP contribution >= 0.6 is 15.9 Å². The monoisotopic (exact) mass is 382 g/mol. The lowest BCUT2D eigenvalue weighted by Crippen LogP contribution is -2.29. The fraction of sp³-hybridized carbons (Fsp3) is 0.400. The maximum absolute atomic E-state index is 12.6. The molecule has 8 heteroatoms. The van der Waals surface area contributed by atoms with Crippen LogP contribution in [0, 0.1) is 0 Å². The molecule has 0 spiro atoms. The summed E-state index contributed by atoms with van der Waals surface area (Å²) in [5.41, 5.74) is 1.55. The summed E-state index contributed by atoms with van der Waals surface area (Å²) in [5, 5.41) is 14.0. The van der Waals surface area contributed by atoms with Crippen LogP contribution in [-0.4, -0.2) is 44.8 Å². The molecular formula is C15H19BrN4O3. The van der Waals surface area contributed by atoms with E-state index in [2.05, 4.69) is 26.0 Å². The van der Waals surface area contributed by atoms with E-state index in [1.54, 1.807) is 37.8 Å². The van der Waals surface area contributed by atoms with Crippen molar-refractivity contribution in [3.8, 4) is 5.88 Å². The first-order chi connectivity index (χ1) is 10.9. The van der Waals surface area contributed by atoms with Crippen molar-refractivity contribution < 1.29 is 14.6 Å². The third-order valence-electron chi connectivity index (χ3n) is 3.49. The number of pyridine rings is 1. The second-order valence-electron chi connectivity index (χ2n) is 5.17. The number of aryl methyl sites for hydroxylation is 1. The van der Waals surface area contributed by atoms with E-state index < -0.39 is 6.10 Å². The fourth-order valence-electron chi connectivity index (χ4n) is 2.22. The molecule has 1 N–H and O–H groups in total. The molecule has 0 radical (unpaired) electrons. The van der Waals surface area contributed by atoms with E-state index in [1.807, 2.05) is 0 Å². The van der Waals surface area contributed by atoms with Crippen LogP contribution in [0.25, 0.3) is 0 Å². The van der Waals surface area contributed by atoms with Gasteiger partial charge >= 0.3 is 0 Å². The average molecular weight is 383 g/mol. The third-order valence-corrected chi connectivity index (χ3v) is 4.29. The molecule has 7 nitrogen and oxygen atoms in total. The molecule has 1 amide bonds. The summed E-state index contributed by atoms with van der Waals surface area (Å²) < 4.78 is 7.52. The number of nitrogens with zero attached hydrogens (tertiary/aromatic N) is 4. The Hall–Kier alpha value is -1.93. The number of aromatic nitrogens is 3. The van der Waals surface area contributed by atoms with E-state index in [4.69, 9.17) is 4.74 Å². The van der Waals surface area contributed by atoms with Crippen molar-refractivity contribution in [2.24, 2.45) is 7.05 Å². The first-order valence-corrected chi connectivity index (χ1v) is 7.79. The van der Waals surface area contributed by atoms with Gasteiger partial charge < -0.3 is 14.7 Å². The Bertz CT molecular complexity index is 715. The van der Waals surface area contributed by atoms with E-state index in [1.165, 1.54) is 18.2 Å². The maximum Gasteiger partial charge on any atom is 0.272 e. The number of aliphatic hydroxyl groups is 1. The highest BCUT2D eigenvalue weighted by Gasteiger charge is 2.22. The molecule has 0 aromatic carbocycles. The molecule has 2 aromatic rings. The van der Waals surface area contributed by atoms with Crippen LogP contribution in [0.5, 0.6) is 5.88 Å². The van der Waals surface area contributed by atoms with Gasteiger partial charge in [0, 0.05) is 25.9 Å². The lowest BCUT2D eigenvalue weighted by Gasteiger charge is -2.19. The molecule has 0 fully saturated rings. The molecule has 0 aliphatic rings. The number of carbonyl (C=O) groups is 1. The van der Waals surface area contributed by atoms with Gasteiger partial charge in [-0.1, -0.05) is 6.07 Å². The molecule has 0 aliphatic heterocycles. The minimum absolute atomic E-state index is 0.246. The predicted octanol–water partition coefficient (Wildman–Crippen LogP) is 1.91. The number of ether oxygens (including phenoxy) is 1. The smallest absolute Gasteiger partial charge is 0.272 e. The Morgan fingerprint density at radius 2 is 2.26 bits per heavy atom. The van der Waals surface area contributed by atoms with E-state index >= 15 is 0 Å². The summed E-state index contributed by atoms with van der Waals surface area (Å²) in [5.74, 6) is 0.194. The highest BCUT2D eigenvalue weighted by molar-refractivity contribution is 9.10. The van der Waals surface area contributed by atoms with Gasteiger partial charge in [0.15, 0.2) is 0 Å². The van der Waals surface area contributed by atoms with Crippen molar-refractivity contribution in [1.29, 1.82) is 0 Å². The Balaban J connectivity index is 2.27. The lowest BCUT2D eigenvalue weighted by molar-refractivity contribution is 0.0769. The van der Waals surface area contributed by atoms with E-state index in [-0.39, 0.29) is 11.6 Å². The minimum atomic E-state index is -0.764. The summed E-state index contributed by atoms with van der Waals surface area (Å²) in [6.07, 6.45) is 0.773. The molecule has 124 valence electrons. The molecular weight excluding hydrogens is 364 g/mol. The zero-order chi connectivity index (χ0) is 17.1. The van der Waals surface area contributed by atoms with E-state index in [0.717, 1.165) is 5.69 Å². The van der Waals surface area contributed by atoms with E-state index in [9.17, 15) is 9.90 Å². The summed E-state index contributed by atoms with van der Waals surface area (Å²) >= 11 is 3.43. The molecule has 2 heterocycles. The Labute approximate surface area is 143 Å². The predicted molar refractivity (Wildman–Crippen MR) is 88.1 cm³/mol. The average Bonchev–Trinajstić information content (AvgIpc) is 2.81.